The Bertz CT molecular complexity index is 102. The Morgan fingerprint density at radius 1 is 1.78 bits per heavy atom. The molecule has 1 N–H and O–H groups in total. The molecule has 0 aromatic heterocycles. The van der Waals surface area contributed by atoms with Crippen molar-refractivity contribution in [3.8, 4) is 0 Å². The number of hydrogen-bond acceptors (Lipinski definition) is 3. The van der Waals surface area contributed by atoms with Gasteiger partial charge in [0.1, 0.15) is 0 Å². The Kier molecular flexibility index (Phi) is 3.19. The van der Waals surface area contributed by atoms with E-state index in [9.17, 15) is 10.0 Å². The minimum Gasteiger partial charge on any atom is -0.634 e. The molecule has 0 aromatic rings. The smallest absolute Gasteiger partial charge is 0.364 e. The lowest BCUT2D eigenvalue weighted by atomic mass is 10.3. The third kappa shape index (κ3) is 2.43. The maximum atomic E-state index is 10.5. The van der Waals surface area contributed by atoms with E-state index in [1.807, 2.05) is 0 Å². The lowest BCUT2D eigenvalue weighted by molar-refractivity contribution is -0.842. The number of carbonyl (C=O) groups is 1. The Hall–Kier alpha value is -0.610. The van der Waals surface area contributed by atoms with Crippen LogP contribution in [0.15, 0.2) is 0 Å². The zero-order valence-corrected chi connectivity index (χ0v) is 5.80. The average molecular weight is 133 g/mol. The van der Waals surface area contributed by atoms with Crippen LogP contribution in [0.5, 0.6) is 0 Å². The molecule has 0 aliphatic rings. The highest BCUT2D eigenvalue weighted by atomic mass is 16.5. The highest BCUT2D eigenvalue weighted by molar-refractivity contribution is 5.73. The molecule has 0 radical (unpaired) electrons. The molecular formula is C5H11NO3. The van der Waals surface area contributed by atoms with E-state index in [1.165, 1.54) is 21.1 Å². The molecule has 0 heterocycles. The summed E-state index contributed by atoms with van der Waals surface area (Å²) in [5.41, 5.74) is 0. The maximum absolute atomic E-state index is 10.5. The molecule has 2 atom stereocenters. The summed E-state index contributed by atoms with van der Waals surface area (Å²) in [6.45, 7) is 1.52. The van der Waals surface area contributed by atoms with Crippen LogP contribution in [0.2, 0.25) is 0 Å². The summed E-state index contributed by atoms with van der Waals surface area (Å²) in [6.07, 6.45) is 0. The summed E-state index contributed by atoms with van der Waals surface area (Å²) < 4.78 is 4.31. The van der Waals surface area contributed by atoms with Gasteiger partial charge in [-0.05, 0) is 6.92 Å². The number of carbonyl (C=O) groups excluding carboxylic acids is 1. The number of hydrogen-bond donors (Lipinski definition) is 1. The summed E-state index contributed by atoms with van der Waals surface area (Å²) in [5, 5.41) is 10.3. The monoisotopic (exact) mass is 133 g/mol. The van der Waals surface area contributed by atoms with E-state index in [4.69, 9.17) is 0 Å². The van der Waals surface area contributed by atoms with Gasteiger partial charge < -0.3 is 15.0 Å². The average Bonchev–Trinajstić information content (AvgIpc) is 1.84. The second-order valence-electron chi connectivity index (χ2n) is 1.86. The predicted molar refractivity (Wildman–Crippen MR) is 31.7 cm³/mol. The number of ether oxygens (including phenoxy) is 1. The number of rotatable bonds is 2. The molecule has 0 spiro atoms. The molecule has 4 nitrogen and oxygen atoms in total. The van der Waals surface area contributed by atoms with Crippen LogP contribution in [0, 0.1) is 5.21 Å². The van der Waals surface area contributed by atoms with Crippen molar-refractivity contribution in [3.63, 3.8) is 0 Å². The van der Waals surface area contributed by atoms with Crippen molar-refractivity contribution in [1.29, 1.82) is 0 Å². The fourth-order valence-corrected chi connectivity index (χ4v) is 0.343. The van der Waals surface area contributed by atoms with Gasteiger partial charge in [-0.25, -0.2) is 4.79 Å². The van der Waals surface area contributed by atoms with Crippen molar-refractivity contribution < 1.29 is 14.6 Å². The minimum absolute atomic E-state index is 0.165. The van der Waals surface area contributed by atoms with Crippen molar-refractivity contribution in [2.24, 2.45) is 0 Å². The van der Waals surface area contributed by atoms with Crippen LogP contribution in [0.3, 0.4) is 0 Å². The molecule has 0 amide bonds. The quantitative estimate of drug-likeness (QED) is 0.371. The number of nitrogens with one attached hydrogen (secondary N) is 1. The van der Waals surface area contributed by atoms with E-state index in [1.54, 1.807) is 0 Å². The number of quaternary nitrogens is 1. The number of esters is 1. The zero-order valence-electron chi connectivity index (χ0n) is 5.80. The maximum Gasteiger partial charge on any atom is 0.364 e. The molecule has 0 rings (SSSR count). The Labute approximate surface area is 54.0 Å². The van der Waals surface area contributed by atoms with Crippen LogP contribution < -0.4 is 5.06 Å². The highest BCUT2D eigenvalue weighted by Crippen LogP contribution is 1.77. The fourth-order valence-electron chi connectivity index (χ4n) is 0.343. The normalized spacial score (nSPS) is 16.4. The van der Waals surface area contributed by atoms with Crippen LogP contribution in [-0.2, 0) is 9.53 Å². The van der Waals surface area contributed by atoms with Crippen molar-refractivity contribution in [1.82, 2.24) is 0 Å². The summed E-state index contributed by atoms with van der Waals surface area (Å²) in [5.74, 6) is -0.470. The minimum atomic E-state index is -0.616. The predicted octanol–water partition coefficient (Wildman–Crippen LogP) is -1.44. The van der Waals surface area contributed by atoms with Gasteiger partial charge in [-0.1, -0.05) is 0 Å². The van der Waals surface area contributed by atoms with E-state index < -0.39 is 12.0 Å². The Morgan fingerprint density at radius 3 is 2.33 bits per heavy atom. The van der Waals surface area contributed by atoms with Crippen LogP contribution in [0.4, 0.5) is 0 Å². The van der Waals surface area contributed by atoms with E-state index in [0.29, 0.717) is 0 Å². The third-order valence-corrected chi connectivity index (χ3v) is 1.16. The highest BCUT2D eigenvalue weighted by Gasteiger charge is 2.15. The van der Waals surface area contributed by atoms with E-state index in [0.717, 1.165) is 0 Å². The van der Waals surface area contributed by atoms with E-state index in [-0.39, 0.29) is 5.06 Å². The first-order valence-corrected chi connectivity index (χ1v) is 2.68. The lowest BCUT2D eigenvalue weighted by Gasteiger charge is -2.21. The topological polar surface area (TPSA) is 53.8 Å². The van der Waals surface area contributed by atoms with Crippen LogP contribution in [0.1, 0.15) is 6.92 Å². The molecule has 0 aliphatic carbocycles. The molecule has 2 unspecified atom stereocenters. The molecule has 0 aliphatic heterocycles. The van der Waals surface area contributed by atoms with Crippen LogP contribution in [-0.4, -0.2) is 26.2 Å². The molecule has 54 valence electrons. The molecule has 4 heteroatoms. The van der Waals surface area contributed by atoms with Gasteiger partial charge in [-0.3, -0.25) is 0 Å². The molecule has 9 heavy (non-hydrogen) atoms. The molecular weight excluding hydrogens is 122 g/mol. The largest absolute Gasteiger partial charge is 0.634 e. The van der Waals surface area contributed by atoms with Gasteiger partial charge in [0.25, 0.3) is 0 Å². The zero-order chi connectivity index (χ0) is 7.44. The molecule has 0 bridgehead atoms. The second-order valence-corrected chi connectivity index (χ2v) is 1.86. The number of hydroxylamine groups is 2. The summed E-state index contributed by atoms with van der Waals surface area (Å²) in [7, 11) is 2.63. The summed E-state index contributed by atoms with van der Waals surface area (Å²) in [6, 6.07) is -0.616. The third-order valence-electron chi connectivity index (χ3n) is 1.16. The van der Waals surface area contributed by atoms with E-state index >= 15 is 0 Å². The summed E-state index contributed by atoms with van der Waals surface area (Å²) in [4.78, 5) is 10.5. The van der Waals surface area contributed by atoms with Gasteiger partial charge in [0, 0.05) is 0 Å². The molecule has 0 saturated carbocycles. The van der Waals surface area contributed by atoms with Gasteiger partial charge in [-0.15, -0.1) is 0 Å². The molecule has 0 saturated heterocycles. The molecule has 0 aromatic carbocycles. The fraction of sp³-hybridized carbons (Fsp3) is 0.800. The first-order chi connectivity index (χ1) is 4.09. The number of likely N-dealkylation sites (N-methyl/N-ethyl adjacent to an activating group) is 1. The Morgan fingerprint density at radius 2 is 2.22 bits per heavy atom. The van der Waals surface area contributed by atoms with Gasteiger partial charge in [0.15, 0.2) is 6.04 Å². The number of methoxy groups -OCH3 is 1. The van der Waals surface area contributed by atoms with E-state index in [2.05, 4.69) is 4.74 Å². The van der Waals surface area contributed by atoms with Gasteiger partial charge >= 0.3 is 5.97 Å². The first-order valence-electron chi connectivity index (χ1n) is 2.68. The van der Waals surface area contributed by atoms with Gasteiger partial charge in [0.2, 0.25) is 0 Å². The van der Waals surface area contributed by atoms with Gasteiger partial charge in [-0.2, -0.15) is 0 Å². The SMILES string of the molecule is COC(=O)C(C)[NH+](C)[O-]. The second kappa shape index (κ2) is 3.42. The van der Waals surface area contributed by atoms with Crippen molar-refractivity contribution in [3.05, 3.63) is 5.21 Å². The molecule has 0 fully saturated rings. The van der Waals surface area contributed by atoms with Crippen LogP contribution >= 0.6 is 0 Å². The van der Waals surface area contributed by atoms with Crippen molar-refractivity contribution in [2.75, 3.05) is 14.2 Å². The first kappa shape index (κ1) is 8.39. The standard InChI is InChI=1S/C5H11NO3/c1-4(6(2)8)5(7)9-3/h4,6H,1-3H3. The van der Waals surface area contributed by atoms with Crippen molar-refractivity contribution in [2.45, 2.75) is 13.0 Å². The van der Waals surface area contributed by atoms with Crippen LogP contribution in [0.25, 0.3) is 0 Å². The Balaban J connectivity index is 3.72. The van der Waals surface area contributed by atoms with Gasteiger partial charge in [0.05, 0.1) is 14.2 Å². The summed E-state index contributed by atoms with van der Waals surface area (Å²) >= 11 is 0. The van der Waals surface area contributed by atoms with Crippen molar-refractivity contribution >= 4 is 5.97 Å². The lowest BCUT2D eigenvalue weighted by Crippen LogP contribution is -3.09.